The molecular weight excluding hydrogens is 230 g/mol. The first-order valence-electron chi connectivity index (χ1n) is 6.54. The number of likely N-dealkylation sites (N-methyl/N-ethyl adjacent to an activating group) is 1. The van der Waals surface area contributed by atoms with Gasteiger partial charge in [-0.25, -0.2) is 0 Å². The first kappa shape index (κ1) is 13.3. The summed E-state index contributed by atoms with van der Waals surface area (Å²) in [5.74, 6) is 0.831. The first-order valence-corrected chi connectivity index (χ1v) is 6.54. The van der Waals surface area contributed by atoms with Crippen LogP contribution in [-0.4, -0.2) is 72.5 Å². The van der Waals surface area contributed by atoms with Gasteiger partial charge in [0.25, 0.3) is 0 Å². The SMILES string of the molecule is CN1CCN(CCOc2cnn(CCN)c2)CC1. The van der Waals surface area contributed by atoms with Gasteiger partial charge in [0.05, 0.1) is 18.9 Å². The minimum absolute atomic E-state index is 0.600. The van der Waals surface area contributed by atoms with E-state index in [9.17, 15) is 0 Å². The summed E-state index contributed by atoms with van der Waals surface area (Å²) >= 11 is 0. The molecule has 1 aromatic rings. The van der Waals surface area contributed by atoms with Crippen molar-refractivity contribution in [1.82, 2.24) is 19.6 Å². The van der Waals surface area contributed by atoms with Crippen LogP contribution in [0.5, 0.6) is 5.75 Å². The molecule has 1 fully saturated rings. The van der Waals surface area contributed by atoms with E-state index < -0.39 is 0 Å². The molecule has 102 valence electrons. The standard InChI is InChI=1S/C12H23N5O/c1-15-4-6-16(7-5-15)8-9-18-12-10-14-17(11-12)3-2-13/h10-11H,2-9,13H2,1H3. The second kappa shape index (κ2) is 6.72. The average molecular weight is 253 g/mol. The number of hydrogen-bond acceptors (Lipinski definition) is 5. The maximum absolute atomic E-state index is 5.68. The summed E-state index contributed by atoms with van der Waals surface area (Å²) in [5.41, 5.74) is 5.47. The van der Waals surface area contributed by atoms with Gasteiger partial charge in [0, 0.05) is 39.3 Å². The van der Waals surface area contributed by atoms with Crippen LogP contribution >= 0.6 is 0 Å². The second-order valence-corrected chi connectivity index (χ2v) is 4.72. The first-order chi connectivity index (χ1) is 8.78. The van der Waals surface area contributed by atoms with Crippen molar-refractivity contribution in [3.05, 3.63) is 12.4 Å². The zero-order valence-electron chi connectivity index (χ0n) is 11.1. The molecule has 2 heterocycles. The average Bonchev–Trinajstić information content (AvgIpc) is 2.80. The van der Waals surface area contributed by atoms with Gasteiger partial charge < -0.3 is 15.4 Å². The Balaban J connectivity index is 1.65. The van der Waals surface area contributed by atoms with Crippen LogP contribution in [0.25, 0.3) is 0 Å². The zero-order valence-corrected chi connectivity index (χ0v) is 11.1. The molecule has 0 aromatic carbocycles. The number of nitrogens with two attached hydrogens (primary N) is 1. The van der Waals surface area contributed by atoms with Crippen molar-refractivity contribution in [1.29, 1.82) is 0 Å². The molecule has 0 spiro atoms. The maximum atomic E-state index is 5.68. The molecule has 0 unspecified atom stereocenters. The summed E-state index contributed by atoms with van der Waals surface area (Å²) in [5, 5.41) is 4.17. The van der Waals surface area contributed by atoms with E-state index in [1.165, 1.54) is 0 Å². The quantitative estimate of drug-likeness (QED) is 0.738. The van der Waals surface area contributed by atoms with E-state index in [1.807, 2.05) is 10.9 Å². The fourth-order valence-corrected chi connectivity index (χ4v) is 2.04. The summed E-state index contributed by atoms with van der Waals surface area (Å²) in [6.07, 6.45) is 3.65. The van der Waals surface area contributed by atoms with Gasteiger partial charge in [0.2, 0.25) is 0 Å². The molecule has 1 saturated heterocycles. The third kappa shape index (κ3) is 3.97. The second-order valence-electron chi connectivity index (χ2n) is 4.72. The van der Waals surface area contributed by atoms with Gasteiger partial charge in [0.15, 0.2) is 5.75 Å². The minimum Gasteiger partial charge on any atom is -0.489 e. The lowest BCUT2D eigenvalue weighted by atomic mass is 10.3. The lowest BCUT2D eigenvalue weighted by Crippen LogP contribution is -2.45. The molecule has 0 aliphatic carbocycles. The predicted octanol–water partition coefficient (Wildman–Crippen LogP) is -0.532. The number of hydrogen-bond donors (Lipinski definition) is 1. The molecule has 2 N–H and O–H groups in total. The fourth-order valence-electron chi connectivity index (χ4n) is 2.04. The van der Waals surface area contributed by atoms with Crippen LogP contribution in [0.3, 0.4) is 0 Å². The summed E-state index contributed by atoms with van der Waals surface area (Å²) in [4.78, 5) is 4.79. The molecule has 0 saturated carbocycles. The highest BCUT2D eigenvalue weighted by Gasteiger charge is 2.13. The van der Waals surface area contributed by atoms with E-state index in [1.54, 1.807) is 6.20 Å². The van der Waals surface area contributed by atoms with Gasteiger partial charge in [-0.2, -0.15) is 5.10 Å². The molecule has 1 aromatic heterocycles. The van der Waals surface area contributed by atoms with Gasteiger partial charge in [-0.3, -0.25) is 9.58 Å². The van der Waals surface area contributed by atoms with E-state index in [0.29, 0.717) is 6.54 Å². The predicted molar refractivity (Wildman–Crippen MR) is 70.7 cm³/mol. The molecule has 0 radical (unpaired) electrons. The van der Waals surface area contributed by atoms with E-state index in [0.717, 1.165) is 51.6 Å². The molecule has 2 rings (SSSR count). The van der Waals surface area contributed by atoms with E-state index in [4.69, 9.17) is 10.5 Å². The summed E-state index contributed by atoms with van der Waals surface area (Å²) < 4.78 is 7.49. The number of aromatic nitrogens is 2. The Labute approximate surface area is 108 Å². The van der Waals surface area contributed by atoms with Crippen molar-refractivity contribution >= 4 is 0 Å². The Hall–Kier alpha value is -1.11. The third-order valence-corrected chi connectivity index (χ3v) is 3.24. The summed E-state index contributed by atoms with van der Waals surface area (Å²) in [6.45, 7) is 7.60. The van der Waals surface area contributed by atoms with Crippen molar-refractivity contribution < 1.29 is 4.74 Å². The lowest BCUT2D eigenvalue weighted by Gasteiger charge is -2.32. The van der Waals surface area contributed by atoms with Crippen LogP contribution in [0, 0.1) is 0 Å². The molecule has 18 heavy (non-hydrogen) atoms. The van der Waals surface area contributed by atoms with E-state index in [2.05, 4.69) is 21.9 Å². The van der Waals surface area contributed by atoms with Crippen molar-refractivity contribution in [2.75, 3.05) is 52.9 Å². The largest absolute Gasteiger partial charge is 0.489 e. The maximum Gasteiger partial charge on any atom is 0.157 e. The number of piperazine rings is 1. The Morgan fingerprint density at radius 2 is 2.06 bits per heavy atom. The Bertz CT molecular complexity index is 346. The zero-order chi connectivity index (χ0) is 12.8. The van der Waals surface area contributed by atoms with Gasteiger partial charge >= 0.3 is 0 Å². The molecule has 6 nitrogen and oxygen atoms in total. The number of ether oxygens (including phenoxy) is 1. The van der Waals surface area contributed by atoms with Gasteiger partial charge in [-0.15, -0.1) is 0 Å². The van der Waals surface area contributed by atoms with Crippen molar-refractivity contribution in [3.8, 4) is 5.75 Å². The topological polar surface area (TPSA) is 59.5 Å². The van der Waals surface area contributed by atoms with Crippen LogP contribution in [-0.2, 0) is 6.54 Å². The summed E-state index contributed by atoms with van der Waals surface area (Å²) in [7, 11) is 2.17. The highest BCUT2D eigenvalue weighted by atomic mass is 16.5. The van der Waals surface area contributed by atoms with Gasteiger partial charge in [-0.05, 0) is 7.05 Å². The van der Waals surface area contributed by atoms with Gasteiger partial charge in [-0.1, -0.05) is 0 Å². The molecule has 0 amide bonds. The lowest BCUT2D eigenvalue weighted by molar-refractivity contribution is 0.133. The van der Waals surface area contributed by atoms with Crippen LogP contribution in [0.1, 0.15) is 0 Å². The Kier molecular flexibility index (Phi) is 4.98. The monoisotopic (exact) mass is 253 g/mol. The highest BCUT2D eigenvalue weighted by molar-refractivity contribution is 5.11. The van der Waals surface area contributed by atoms with E-state index in [-0.39, 0.29) is 0 Å². The molecule has 6 heteroatoms. The molecule has 1 aliphatic rings. The van der Waals surface area contributed by atoms with Crippen LogP contribution in [0.4, 0.5) is 0 Å². The minimum atomic E-state index is 0.600. The highest BCUT2D eigenvalue weighted by Crippen LogP contribution is 2.08. The summed E-state index contributed by atoms with van der Waals surface area (Å²) in [6, 6.07) is 0. The Morgan fingerprint density at radius 3 is 2.78 bits per heavy atom. The Morgan fingerprint density at radius 1 is 1.28 bits per heavy atom. The fraction of sp³-hybridized carbons (Fsp3) is 0.750. The third-order valence-electron chi connectivity index (χ3n) is 3.24. The number of rotatable bonds is 6. The molecular formula is C12H23N5O. The van der Waals surface area contributed by atoms with E-state index >= 15 is 0 Å². The normalized spacial score (nSPS) is 18.1. The van der Waals surface area contributed by atoms with Crippen molar-refractivity contribution in [2.24, 2.45) is 5.73 Å². The molecule has 0 bridgehead atoms. The number of nitrogens with zero attached hydrogens (tertiary/aromatic N) is 4. The van der Waals surface area contributed by atoms with Gasteiger partial charge in [0.1, 0.15) is 6.61 Å². The van der Waals surface area contributed by atoms with Crippen LogP contribution in [0.15, 0.2) is 12.4 Å². The van der Waals surface area contributed by atoms with Crippen LogP contribution in [0.2, 0.25) is 0 Å². The molecule has 1 aliphatic heterocycles. The van der Waals surface area contributed by atoms with Crippen molar-refractivity contribution in [3.63, 3.8) is 0 Å². The smallest absolute Gasteiger partial charge is 0.157 e. The molecule has 0 atom stereocenters. The van der Waals surface area contributed by atoms with Crippen LogP contribution < -0.4 is 10.5 Å². The van der Waals surface area contributed by atoms with Crippen molar-refractivity contribution in [2.45, 2.75) is 6.54 Å².